The number of phenols is 1. The maximum Gasteiger partial charge on any atom is 0.343 e. The molecule has 0 bridgehead atoms. The summed E-state index contributed by atoms with van der Waals surface area (Å²) in [6, 6.07) is 13.4. The molecule has 0 aliphatic rings. The van der Waals surface area contributed by atoms with Crippen LogP contribution in [0.25, 0.3) is 0 Å². The van der Waals surface area contributed by atoms with E-state index in [1.807, 2.05) is 25.1 Å². The van der Waals surface area contributed by atoms with E-state index >= 15 is 0 Å². The predicted molar refractivity (Wildman–Crippen MR) is 68.9 cm³/mol. The molecule has 0 radical (unpaired) electrons. The summed E-state index contributed by atoms with van der Waals surface area (Å²) < 4.78 is 5.34. The van der Waals surface area contributed by atoms with Crippen molar-refractivity contribution < 1.29 is 14.6 Å². The summed E-state index contributed by atoms with van der Waals surface area (Å²) in [4.78, 5) is 11.9. The summed E-state index contributed by atoms with van der Waals surface area (Å²) in [6.45, 7) is 2.01. The van der Waals surface area contributed by atoms with Crippen LogP contribution in [0.2, 0.25) is 0 Å². The van der Waals surface area contributed by atoms with Crippen LogP contribution >= 0.6 is 0 Å². The van der Waals surface area contributed by atoms with Crippen LogP contribution in [0.1, 0.15) is 22.8 Å². The number of esters is 1. The zero-order valence-corrected chi connectivity index (χ0v) is 10.1. The molecule has 0 unspecified atom stereocenters. The van der Waals surface area contributed by atoms with E-state index in [-0.39, 0.29) is 5.75 Å². The topological polar surface area (TPSA) is 46.5 Å². The molecular weight excluding hydrogens is 228 g/mol. The van der Waals surface area contributed by atoms with Gasteiger partial charge in [0.15, 0.2) is 0 Å². The van der Waals surface area contributed by atoms with Crippen LogP contribution in [0.15, 0.2) is 48.5 Å². The fraction of sp³-hybridized carbons (Fsp3) is 0.133. The average molecular weight is 242 g/mol. The maximum atomic E-state index is 11.9. The molecule has 92 valence electrons. The Morgan fingerprint density at radius 3 is 2.44 bits per heavy atom. The van der Waals surface area contributed by atoms with Crippen molar-refractivity contribution in [3.63, 3.8) is 0 Å². The molecule has 0 saturated carbocycles. The third-order valence-corrected chi connectivity index (χ3v) is 2.66. The number of ether oxygens (including phenoxy) is 1. The van der Waals surface area contributed by atoms with Gasteiger partial charge < -0.3 is 9.84 Å². The first-order chi connectivity index (χ1) is 8.70. The van der Waals surface area contributed by atoms with Crippen molar-refractivity contribution in [2.75, 3.05) is 0 Å². The molecule has 0 aliphatic heterocycles. The van der Waals surface area contributed by atoms with E-state index in [2.05, 4.69) is 0 Å². The molecule has 2 aromatic carbocycles. The largest absolute Gasteiger partial charge is 0.508 e. The smallest absolute Gasteiger partial charge is 0.343 e. The van der Waals surface area contributed by atoms with Gasteiger partial charge >= 0.3 is 5.97 Å². The SMILES string of the molecule is CCc1ccccc1OC(=O)c1ccc(O)cc1. The zero-order chi connectivity index (χ0) is 13.0. The van der Waals surface area contributed by atoms with Crippen molar-refractivity contribution in [3.05, 3.63) is 59.7 Å². The van der Waals surface area contributed by atoms with E-state index < -0.39 is 5.97 Å². The van der Waals surface area contributed by atoms with Gasteiger partial charge in [-0.25, -0.2) is 4.79 Å². The Morgan fingerprint density at radius 2 is 1.78 bits per heavy atom. The number of aryl methyl sites for hydroxylation is 1. The minimum atomic E-state index is -0.420. The molecule has 0 amide bonds. The maximum absolute atomic E-state index is 11.9. The van der Waals surface area contributed by atoms with Crippen LogP contribution in [-0.4, -0.2) is 11.1 Å². The van der Waals surface area contributed by atoms with Gasteiger partial charge in [-0.05, 0) is 42.3 Å². The van der Waals surface area contributed by atoms with Gasteiger partial charge in [0, 0.05) is 0 Å². The molecule has 3 heteroatoms. The number of carbonyl (C=O) groups is 1. The average Bonchev–Trinajstić information content (AvgIpc) is 2.40. The molecule has 3 nitrogen and oxygen atoms in total. The molecule has 0 heterocycles. The Labute approximate surface area is 106 Å². The fourth-order valence-corrected chi connectivity index (χ4v) is 1.65. The van der Waals surface area contributed by atoms with Gasteiger partial charge in [0.05, 0.1) is 5.56 Å². The van der Waals surface area contributed by atoms with Gasteiger partial charge in [0.2, 0.25) is 0 Å². The highest BCUT2D eigenvalue weighted by atomic mass is 16.5. The van der Waals surface area contributed by atoms with Crippen LogP contribution in [0.4, 0.5) is 0 Å². The summed E-state index contributed by atoms with van der Waals surface area (Å²) in [5.74, 6) is 0.287. The number of phenolic OH excluding ortho intramolecular Hbond substituents is 1. The fourth-order valence-electron chi connectivity index (χ4n) is 1.65. The molecule has 1 N–H and O–H groups in total. The lowest BCUT2D eigenvalue weighted by Crippen LogP contribution is -2.09. The van der Waals surface area contributed by atoms with Gasteiger partial charge in [-0.15, -0.1) is 0 Å². The lowest BCUT2D eigenvalue weighted by Gasteiger charge is -2.08. The number of hydrogen-bond acceptors (Lipinski definition) is 3. The summed E-state index contributed by atoms with van der Waals surface area (Å²) in [6.07, 6.45) is 0.805. The number of aromatic hydroxyl groups is 1. The highest BCUT2D eigenvalue weighted by Crippen LogP contribution is 2.20. The number of benzene rings is 2. The van der Waals surface area contributed by atoms with E-state index in [0.29, 0.717) is 11.3 Å². The van der Waals surface area contributed by atoms with Gasteiger partial charge in [-0.2, -0.15) is 0 Å². The van der Waals surface area contributed by atoms with E-state index in [0.717, 1.165) is 12.0 Å². The second-order valence-electron chi connectivity index (χ2n) is 3.90. The zero-order valence-electron chi connectivity index (χ0n) is 10.1. The monoisotopic (exact) mass is 242 g/mol. The molecule has 0 saturated heterocycles. The lowest BCUT2D eigenvalue weighted by molar-refractivity contribution is 0.0733. The number of hydrogen-bond donors (Lipinski definition) is 1. The van der Waals surface area contributed by atoms with Crippen LogP contribution in [-0.2, 0) is 6.42 Å². The Kier molecular flexibility index (Phi) is 3.63. The van der Waals surface area contributed by atoms with Crippen LogP contribution in [0, 0.1) is 0 Å². The highest BCUT2D eigenvalue weighted by molar-refractivity contribution is 5.91. The molecule has 0 atom stereocenters. The van der Waals surface area contributed by atoms with E-state index in [9.17, 15) is 4.79 Å². The minimum Gasteiger partial charge on any atom is -0.508 e. The van der Waals surface area contributed by atoms with Gasteiger partial charge in [-0.3, -0.25) is 0 Å². The molecule has 18 heavy (non-hydrogen) atoms. The van der Waals surface area contributed by atoms with Crippen molar-refractivity contribution in [2.45, 2.75) is 13.3 Å². The number of rotatable bonds is 3. The van der Waals surface area contributed by atoms with E-state index in [1.54, 1.807) is 6.07 Å². The minimum absolute atomic E-state index is 0.125. The van der Waals surface area contributed by atoms with Crippen molar-refractivity contribution in [1.29, 1.82) is 0 Å². The lowest BCUT2D eigenvalue weighted by atomic mass is 10.1. The molecular formula is C15H14O3. The Hall–Kier alpha value is -2.29. The molecule has 0 aliphatic carbocycles. The van der Waals surface area contributed by atoms with Crippen molar-refractivity contribution in [2.24, 2.45) is 0 Å². The summed E-state index contributed by atoms with van der Waals surface area (Å²) in [5, 5.41) is 9.16. The molecule has 2 aromatic rings. The van der Waals surface area contributed by atoms with E-state index in [1.165, 1.54) is 24.3 Å². The third kappa shape index (κ3) is 2.69. The second-order valence-corrected chi connectivity index (χ2v) is 3.90. The van der Waals surface area contributed by atoms with Crippen LogP contribution < -0.4 is 4.74 Å². The molecule has 0 aromatic heterocycles. The number of para-hydroxylation sites is 1. The van der Waals surface area contributed by atoms with Gasteiger partial charge in [0.1, 0.15) is 11.5 Å². The predicted octanol–water partition coefficient (Wildman–Crippen LogP) is 3.17. The standard InChI is InChI=1S/C15H14O3/c1-2-11-5-3-4-6-14(11)18-15(17)12-7-9-13(16)10-8-12/h3-10,16H,2H2,1H3. The van der Waals surface area contributed by atoms with Crippen molar-refractivity contribution in [3.8, 4) is 11.5 Å². The Balaban J connectivity index is 2.18. The van der Waals surface area contributed by atoms with Crippen LogP contribution in [0.5, 0.6) is 11.5 Å². The van der Waals surface area contributed by atoms with Gasteiger partial charge in [-0.1, -0.05) is 25.1 Å². The molecule has 0 spiro atoms. The first-order valence-electron chi connectivity index (χ1n) is 5.80. The number of carbonyl (C=O) groups excluding carboxylic acids is 1. The summed E-state index contributed by atoms with van der Waals surface area (Å²) in [7, 11) is 0. The summed E-state index contributed by atoms with van der Waals surface area (Å²) in [5.41, 5.74) is 1.41. The quantitative estimate of drug-likeness (QED) is 0.664. The van der Waals surface area contributed by atoms with Crippen molar-refractivity contribution >= 4 is 5.97 Å². The first kappa shape index (κ1) is 12.2. The van der Waals surface area contributed by atoms with Crippen molar-refractivity contribution in [1.82, 2.24) is 0 Å². The highest BCUT2D eigenvalue weighted by Gasteiger charge is 2.10. The normalized spacial score (nSPS) is 10.1. The van der Waals surface area contributed by atoms with E-state index in [4.69, 9.17) is 9.84 Å². The third-order valence-electron chi connectivity index (χ3n) is 2.66. The molecule has 2 rings (SSSR count). The van der Waals surface area contributed by atoms with Gasteiger partial charge in [0.25, 0.3) is 0 Å². The Bertz CT molecular complexity index is 544. The second kappa shape index (κ2) is 5.36. The first-order valence-corrected chi connectivity index (χ1v) is 5.80. The Morgan fingerprint density at radius 1 is 1.11 bits per heavy atom. The van der Waals surface area contributed by atoms with Crippen LogP contribution in [0.3, 0.4) is 0 Å². The summed E-state index contributed by atoms with van der Waals surface area (Å²) >= 11 is 0. The molecule has 0 fully saturated rings.